The minimum Gasteiger partial charge on any atom is -0.492 e. The number of rotatable bonds is 3. The molecule has 1 aliphatic carbocycles. The van der Waals surface area contributed by atoms with Gasteiger partial charge in [-0.15, -0.1) is 0 Å². The molecule has 0 fully saturated rings. The molecule has 0 amide bonds. The normalized spacial score (nSPS) is 16.6. The third-order valence-corrected chi connectivity index (χ3v) is 5.24. The highest BCUT2D eigenvalue weighted by molar-refractivity contribution is 5.47. The second-order valence-electron chi connectivity index (χ2n) is 7.34. The second kappa shape index (κ2) is 7.64. The smallest absolute Gasteiger partial charge is 0.420 e. The Hall–Kier alpha value is -3.37. The van der Waals surface area contributed by atoms with Crippen LogP contribution in [0.3, 0.4) is 0 Å². The molecule has 0 saturated heterocycles. The lowest BCUT2D eigenvalue weighted by Crippen LogP contribution is -2.12. The number of aromatic amines is 1. The molecule has 11 heteroatoms. The van der Waals surface area contributed by atoms with Gasteiger partial charge in [0.25, 0.3) is 0 Å². The van der Waals surface area contributed by atoms with Crippen molar-refractivity contribution in [2.45, 2.75) is 37.5 Å². The van der Waals surface area contributed by atoms with Gasteiger partial charge in [-0.25, -0.2) is 4.79 Å². The van der Waals surface area contributed by atoms with E-state index in [-0.39, 0.29) is 17.6 Å². The molecule has 1 heterocycles. The van der Waals surface area contributed by atoms with Gasteiger partial charge in [0, 0.05) is 5.92 Å². The van der Waals surface area contributed by atoms with E-state index in [9.17, 15) is 36.2 Å². The Morgan fingerprint density at radius 2 is 1.78 bits per heavy atom. The predicted molar refractivity (Wildman–Crippen MR) is 98.7 cm³/mol. The third-order valence-electron chi connectivity index (χ3n) is 5.24. The first-order chi connectivity index (χ1) is 14.9. The largest absolute Gasteiger partial charge is 0.492 e. The van der Waals surface area contributed by atoms with Crippen LogP contribution in [0.5, 0.6) is 17.4 Å². The summed E-state index contributed by atoms with van der Waals surface area (Å²) in [7, 11) is 0. The van der Waals surface area contributed by atoms with Crippen LogP contribution >= 0.6 is 0 Å². The molecule has 0 unspecified atom stereocenters. The molecule has 2 aromatic carbocycles. The SMILES string of the molecule is O=c1[nH]c(O)c([C@@H]2CCCc3cc(Oc4ccc(C(F)(F)F)cc4C(F)(F)F)ccc32)o1. The van der Waals surface area contributed by atoms with Gasteiger partial charge in [-0.1, -0.05) is 6.07 Å². The molecule has 0 bridgehead atoms. The molecule has 2 N–H and O–H groups in total. The number of aromatic hydroxyl groups is 1. The molecule has 0 saturated carbocycles. The van der Waals surface area contributed by atoms with Crippen molar-refractivity contribution >= 4 is 0 Å². The Bertz CT molecular complexity index is 1210. The van der Waals surface area contributed by atoms with E-state index in [1.54, 1.807) is 6.07 Å². The molecule has 1 aliphatic rings. The summed E-state index contributed by atoms with van der Waals surface area (Å²) >= 11 is 0. The Morgan fingerprint density at radius 3 is 2.41 bits per heavy atom. The van der Waals surface area contributed by atoms with E-state index in [2.05, 4.69) is 4.98 Å². The summed E-state index contributed by atoms with van der Waals surface area (Å²) in [6.07, 6.45) is -8.22. The van der Waals surface area contributed by atoms with Crippen molar-refractivity contribution in [3.05, 3.63) is 75.0 Å². The Balaban J connectivity index is 1.68. The standard InChI is InChI=1S/C21H15F6NO4/c22-20(23,24)11-4-7-16(15(9-11)21(25,26)27)31-12-5-6-13-10(8-12)2-1-3-14(13)17-18(29)28-19(30)32-17/h4-9,14,29H,1-3H2,(H,28,30)/t14-/m1/s1. The molecular weight excluding hydrogens is 444 g/mol. The van der Waals surface area contributed by atoms with Crippen molar-refractivity contribution in [1.29, 1.82) is 0 Å². The highest BCUT2D eigenvalue weighted by Crippen LogP contribution is 2.44. The first kappa shape index (κ1) is 21.8. The van der Waals surface area contributed by atoms with Gasteiger partial charge in [-0.2, -0.15) is 26.3 Å². The number of ether oxygens (including phenoxy) is 1. The number of nitrogens with one attached hydrogen (secondary N) is 1. The molecule has 4 rings (SSSR count). The molecule has 1 aromatic heterocycles. The van der Waals surface area contributed by atoms with Crippen LogP contribution in [0.15, 0.2) is 45.6 Å². The molecular formula is C21H15F6NO4. The van der Waals surface area contributed by atoms with Crippen LogP contribution in [0.2, 0.25) is 0 Å². The van der Waals surface area contributed by atoms with Gasteiger partial charge in [0.1, 0.15) is 11.5 Å². The fourth-order valence-electron chi connectivity index (χ4n) is 3.84. The number of fused-ring (bicyclic) bond motifs is 1. The van der Waals surface area contributed by atoms with Gasteiger partial charge >= 0.3 is 18.1 Å². The molecule has 32 heavy (non-hydrogen) atoms. The maximum absolute atomic E-state index is 13.4. The first-order valence-corrected chi connectivity index (χ1v) is 9.44. The summed E-state index contributed by atoms with van der Waals surface area (Å²) in [6, 6.07) is 5.60. The second-order valence-corrected chi connectivity index (χ2v) is 7.34. The van der Waals surface area contributed by atoms with E-state index >= 15 is 0 Å². The van der Waals surface area contributed by atoms with E-state index < -0.39 is 46.8 Å². The fraction of sp³-hybridized carbons (Fsp3) is 0.286. The van der Waals surface area contributed by atoms with Crippen molar-refractivity contribution in [2.75, 3.05) is 0 Å². The molecule has 5 nitrogen and oxygen atoms in total. The van der Waals surface area contributed by atoms with Crippen LogP contribution in [-0.2, 0) is 18.8 Å². The summed E-state index contributed by atoms with van der Waals surface area (Å²) in [4.78, 5) is 13.5. The maximum Gasteiger partial charge on any atom is 0.420 e. The van der Waals surface area contributed by atoms with Crippen LogP contribution in [0.4, 0.5) is 26.3 Å². The maximum atomic E-state index is 13.4. The lowest BCUT2D eigenvalue weighted by atomic mass is 9.81. The number of halogens is 6. The summed E-state index contributed by atoms with van der Waals surface area (Å²) < 4.78 is 89.0. The first-order valence-electron chi connectivity index (χ1n) is 9.44. The lowest BCUT2D eigenvalue weighted by molar-refractivity contribution is -0.143. The van der Waals surface area contributed by atoms with Gasteiger partial charge in [0.05, 0.1) is 11.1 Å². The molecule has 0 radical (unpaired) electrons. The topological polar surface area (TPSA) is 75.5 Å². The summed E-state index contributed by atoms with van der Waals surface area (Å²) in [5.74, 6) is -2.34. The Kier molecular flexibility index (Phi) is 5.22. The van der Waals surface area contributed by atoms with Crippen LogP contribution in [0.1, 0.15) is 46.8 Å². The Morgan fingerprint density at radius 1 is 1.03 bits per heavy atom. The summed E-state index contributed by atoms with van der Waals surface area (Å²) in [5, 5.41) is 9.88. The summed E-state index contributed by atoms with van der Waals surface area (Å²) in [6.45, 7) is 0. The number of benzene rings is 2. The number of hydrogen-bond acceptors (Lipinski definition) is 4. The van der Waals surface area contributed by atoms with Crippen molar-refractivity contribution in [2.24, 2.45) is 0 Å². The number of hydrogen-bond donors (Lipinski definition) is 2. The van der Waals surface area contributed by atoms with Gasteiger partial charge in [-0.3, -0.25) is 4.98 Å². The Labute approximate surface area is 176 Å². The fourth-order valence-corrected chi connectivity index (χ4v) is 3.84. The zero-order chi connectivity index (χ0) is 23.3. The number of aryl methyl sites for hydroxylation is 1. The van der Waals surface area contributed by atoms with E-state index in [1.165, 1.54) is 12.1 Å². The number of H-pyrrole nitrogens is 1. The molecule has 170 valence electrons. The number of oxazole rings is 1. The minimum atomic E-state index is -5.06. The molecule has 1 atom stereocenters. The average molecular weight is 459 g/mol. The monoisotopic (exact) mass is 459 g/mol. The zero-order valence-electron chi connectivity index (χ0n) is 16.1. The average Bonchev–Trinajstić information content (AvgIpc) is 3.03. The van der Waals surface area contributed by atoms with Crippen LogP contribution in [0.25, 0.3) is 0 Å². The van der Waals surface area contributed by atoms with E-state index in [4.69, 9.17) is 9.15 Å². The number of aromatic nitrogens is 1. The van der Waals surface area contributed by atoms with Gasteiger partial charge in [-0.05, 0) is 60.7 Å². The highest BCUT2D eigenvalue weighted by atomic mass is 19.4. The van der Waals surface area contributed by atoms with Crippen LogP contribution in [-0.4, -0.2) is 10.1 Å². The van der Waals surface area contributed by atoms with Crippen LogP contribution in [0, 0.1) is 0 Å². The summed E-state index contributed by atoms with van der Waals surface area (Å²) in [5.41, 5.74) is -1.58. The van der Waals surface area contributed by atoms with Crippen molar-refractivity contribution in [3.63, 3.8) is 0 Å². The number of alkyl halides is 6. The predicted octanol–water partition coefficient (Wildman–Crippen LogP) is 5.97. The van der Waals surface area contributed by atoms with Crippen LogP contribution < -0.4 is 10.5 Å². The van der Waals surface area contributed by atoms with E-state index in [0.29, 0.717) is 42.5 Å². The van der Waals surface area contributed by atoms with Gasteiger partial charge in [0.15, 0.2) is 5.76 Å². The zero-order valence-corrected chi connectivity index (χ0v) is 16.1. The quantitative estimate of drug-likeness (QED) is 0.473. The molecule has 0 aliphatic heterocycles. The third kappa shape index (κ3) is 4.19. The minimum absolute atomic E-state index is 0.00871. The van der Waals surface area contributed by atoms with Gasteiger partial charge in [0.2, 0.25) is 5.88 Å². The van der Waals surface area contributed by atoms with Crippen molar-refractivity contribution < 1.29 is 40.6 Å². The van der Waals surface area contributed by atoms with Gasteiger partial charge < -0.3 is 14.3 Å². The van der Waals surface area contributed by atoms with Crippen molar-refractivity contribution in [1.82, 2.24) is 4.98 Å². The lowest BCUT2D eigenvalue weighted by Gasteiger charge is -2.24. The molecule has 0 spiro atoms. The van der Waals surface area contributed by atoms with E-state index in [1.807, 2.05) is 0 Å². The molecule has 3 aromatic rings. The van der Waals surface area contributed by atoms with E-state index in [0.717, 1.165) is 0 Å². The van der Waals surface area contributed by atoms with Crippen molar-refractivity contribution in [3.8, 4) is 17.4 Å². The highest BCUT2D eigenvalue weighted by Gasteiger charge is 2.39.